The fourth-order valence-corrected chi connectivity index (χ4v) is 1.32. The summed E-state index contributed by atoms with van der Waals surface area (Å²) < 4.78 is 26.9. The van der Waals surface area contributed by atoms with Crippen LogP contribution in [0.3, 0.4) is 0 Å². The van der Waals surface area contributed by atoms with Crippen molar-refractivity contribution < 1.29 is 13.2 Å². The van der Waals surface area contributed by atoms with Gasteiger partial charge in [-0.15, -0.1) is 0 Å². The molecule has 1 aromatic heterocycles. The van der Waals surface area contributed by atoms with E-state index in [1.165, 1.54) is 13.3 Å². The van der Waals surface area contributed by atoms with Crippen LogP contribution < -0.4 is 0 Å². The highest BCUT2D eigenvalue weighted by Gasteiger charge is 2.10. The molecule has 0 N–H and O–H groups in total. The monoisotopic (exact) mass is 202 g/mol. The summed E-state index contributed by atoms with van der Waals surface area (Å²) in [5, 5.41) is -0.165. The minimum Gasteiger partial charge on any atom is -0.378 e. The molecule has 0 saturated heterocycles. The van der Waals surface area contributed by atoms with E-state index in [4.69, 9.17) is 4.74 Å². The van der Waals surface area contributed by atoms with Crippen LogP contribution in [0.25, 0.3) is 0 Å². The third-order valence-electron chi connectivity index (χ3n) is 1.32. The van der Waals surface area contributed by atoms with Crippen LogP contribution in [-0.4, -0.2) is 31.8 Å². The molecule has 0 aliphatic heterocycles. The Morgan fingerprint density at radius 3 is 2.77 bits per heavy atom. The lowest BCUT2D eigenvalue weighted by molar-refractivity contribution is 0.180. The van der Waals surface area contributed by atoms with Gasteiger partial charge in [-0.3, -0.25) is 0 Å². The Kier molecular flexibility index (Phi) is 2.94. The first-order chi connectivity index (χ1) is 6.04. The number of hydrogen-bond donors (Lipinski definition) is 0. The van der Waals surface area contributed by atoms with Crippen LogP contribution in [0.15, 0.2) is 17.4 Å². The van der Waals surface area contributed by atoms with E-state index >= 15 is 0 Å². The Hall–Kier alpha value is -1.01. The van der Waals surface area contributed by atoms with Crippen molar-refractivity contribution in [2.75, 3.05) is 13.4 Å². The van der Waals surface area contributed by atoms with E-state index in [1.54, 1.807) is 6.07 Å². The van der Waals surface area contributed by atoms with Crippen molar-refractivity contribution in [2.45, 2.75) is 11.8 Å². The zero-order valence-corrected chi connectivity index (χ0v) is 8.21. The molecule has 5 nitrogen and oxygen atoms in total. The molecule has 1 heterocycles. The molecule has 0 spiro atoms. The van der Waals surface area contributed by atoms with Gasteiger partial charge in [-0.1, -0.05) is 0 Å². The predicted molar refractivity (Wildman–Crippen MR) is 45.9 cm³/mol. The van der Waals surface area contributed by atoms with Gasteiger partial charge in [0.05, 0.1) is 12.3 Å². The van der Waals surface area contributed by atoms with Gasteiger partial charge in [-0.25, -0.2) is 18.4 Å². The SMILES string of the molecule is COCc1ccnc(S(C)(=O)=O)n1. The Labute approximate surface area is 76.7 Å². The summed E-state index contributed by atoms with van der Waals surface area (Å²) >= 11 is 0. The molecule has 1 rings (SSSR count). The molecule has 13 heavy (non-hydrogen) atoms. The van der Waals surface area contributed by atoms with Crippen LogP contribution in [0.4, 0.5) is 0 Å². The zero-order chi connectivity index (χ0) is 9.90. The van der Waals surface area contributed by atoms with Gasteiger partial charge in [0.15, 0.2) is 0 Å². The summed E-state index contributed by atoms with van der Waals surface area (Å²) in [4.78, 5) is 7.45. The summed E-state index contributed by atoms with van der Waals surface area (Å²) in [6, 6.07) is 1.61. The molecule has 0 unspecified atom stereocenters. The second-order valence-electron chi connectivity index (χ2n) is 2.54. The molecule has 6 heteroatoms. The number of hydrogen-bond acceptors (Lipinski definition) is 5. The van der Waals surface area contributed by atoms with Crippen molar-refractivity contribution in [3.05, 3.63) is 18.0 Å². The minimum atomic E-state index is -3.32. The van der Waals surface area contributed by atoms with E-state index in [9.17, 15) is 8.42 Å². The largest absolute Gasteiger partial charge is 0.378 e. The number of aromatic nitrogens is 2. The average Bonchev–Trinajstić information content (AvgIpc) is 2.04. The number of ether oxygens (including phenoxy) is 1. The lowest BCUT2D eigenvalue weighted by Crippen LogP contribution is -2.06. The van der Waals surface area contributed by atoms with E-state index in [0.717, 1.165) is 6.26 Å². The van der Waals surface area contributed by atoms with Crippen molar-refractivity contribution in [2.24, 2.45) is 0 Å². The molecular weight excluding hydrogens is 192 g/mol. The van der Waals surface area contributed by atoms with Crippen molar-refractivity contribution in [3.8, 4) is 0 Å². The average molecular weight is 202 g/mol. The van der Waals surface area contributed by atoms with E-state index in [2.05, 4.69) is 9.97 Å². The first-order valence-electron chi connectivity index (χ1n) is 3.55. The topological polar surface area (TPSA) is 69.2 Å². The predicted octanol–water partition coefficient (Wildman–Crippen LogP) is 0.0265. The summed E-state index contributed by atoms with van der Waals surface area (Å²) in [5.74, 6) is 0. The molecule has 0 saturated carbocycles. The Morgan fingerprint density at radius 1 is 1.54 bits per heavy atom. The number of rotatable bonds is 3. The van der Waals surface area contributed by atoms with Crippen LogP contribution in [0, 0.1) is 0 Å². The molecule has 0 fully saturated rings. The van der Waals surface area contributed by atoms with Crippen LogP contribution in [0.1, 0.15) is 5.69 Å². The van der Waals surface area contributed by atoms with Gasteiger partial charge < -0.3 is 4.74 Å². The van der Waals surface area contributed by atoms with Gasteiger partial charge >= 0.3 is 0 Å². The highest BCUT2D eigenvalue weighted by Crippen LogP contribution is 2.02. The number of methoxy groups -OCH3 is 1. The van der Waals surface area contributed by atoms with Gasteiger partial charge in [-0.2, -0.15) is 0 Å². The number of nitrogens with zero attached hydrogens (tertiary/aromatic N) is 2. The quantitative estimate of drug-likeness (QED) is 0.646. The molecule has 0 atom stereocenters. The van der Waals surface area contributed by atoms with Gasteiger partial charge in [-0.05, 0) is 6.07 Å². The Bertz CT molecular complexity index is 388. The van der Waals surface area contributed by atoms with Gasteiger partial charge in [0.2, 0.25) is 15.0 Å². The smallest absolute Gasteiger partial charge is 0.247 e. The third kappa shape index (κ3) is 2.74. The standard InChI is InChI=1S/C7H10N2O3S/c1-12-5-6-3-4-8-7(9-6)13(2,10)11/h3-4H,5H2,1-2H3. The van der Waals surface area contributed by atoms with Crippen molar-refractivity contribution in [3.63, 3.8) is 0 Å². The van der Waals surface area contributed by atoms with Crippen LogP contribution in [0.2, 0.25) is 0 Å². The molecule has 0 aromatic carbocycles. The van der Waals surface area contributed by atoms with Crippen LogP contribution in [-0.2, 0) is 21.2 Å². The molecule has 0 bridgehead atoms. The molecule has 0 amide bonds. The van der Waals surface area contributed by atoms with E-state index in [-0.39, 0.29) is 11.8 Å². The fraction of sp³-hybridized carbons (Fsp3) is 0.429. The van der Waals surface area contributed by atoms with Crippen molar-refractivity contribution in [1.29, 1.82) is 0 Å². The van der Waals surface area contributed by atoms with Gasteiger partial charge in [0.1, 0.15) is 0 Å². The maximum Gasteiger partial charge on any atom is 0.247 e. The summed E-state index contributed by atoms with van der Waals surface area (Å²) in [5.41, 5.74) is 0.554. The second-order valence-corrected chi connectivity index (χ2v) is 4.45. The van der Waals surface area contributed by atoms with E-state index < -0.39 is 9.84 Å². The third-order valence-corrected chi connectivity index (χ3v) is 2.18. The maximum atomic E-state index is 11.0. The maximum absolute atomic E-state index is 11.0. The molecular formula is C7H10N2O3S. The summed E-state index contributed by atoms with van der Waals surface area (Å²) in [7, 11) is -1.81. The van der Waals surface area contributed by atoms with E-state index in [0.29, 0.717) is 5.69 Å². The molecule has 72 valence electrons. The highest BCUT2D eigenvalue weighted by atomic mass is 32.2. The van der Waals surface area contributed by atoms with Crippen molar-refractivity contribution in [1.82, 2.24) is 9.97 Å². The Morgan fingerprint density at radius 2 is 2.23 bits per heavy atom. The fourth-order valence-electron chi connectivity index (χ4n) is 0.783. The van der Waals surface area contributed by atoms with Crippen LogP contribution in [0.5, 0.6) is 0 Å². The van der Waals surface area contributed by atoms with Crippen LogP contribution >= 0.6 is 0 Å². The second kappa shape index (κ2) is 3.80. The summed E-state index contributed by atoms with van der Waals surface area (Å²) in [6.45, 7) is 0.283. The minimum absolute atomic E-state index is 0.165. The molecule has 0 aliphatic carbocycles. The van der Waals surface area contributed by atoms with E-state index in [1.807, 2.05) is 0 Å². The van der Waals surface area contributed by atoms with Gasteiger partial charge in [0.25, 0.3) is 0 Å². The lowest BCUT2D eigenvalue weighted by atomic mass is 10.4. The van der Waals surface area contributed by atoms with Gasteiger partial charge in [0, 0.05) is 19.6 Å². The van der Waals surface area contributed by atoms with Crippen molar-refractivity contribution >= 4 is 9.84 Å². The lowest BCUT2D eigenvalue weighted by Gasteiger charge is -2.00. The number of sulfone groups is 1. The highest BCUT2D eigenvalue weighted by molar-refractivity contribution is 7.90. The molecule has 0 aliphatic rings. The molecule has 0 radical (unpaired) electrons. The zero-order valence-electron chi connectivity index (χ0n) is 7.39. The first kappa shape index (κ1) is 10.1. The normalized spacial score (nSPS) is 11.5. The molecule has 1 aromatic rings. The summed E-state index contributed by atoms with van der Waals surface area (Å²) in [6.07, 6.45) is 2.47. The first-order valence-corrected chi connectivity index (χ1v) is 5.44. The Balaban J connectivity index is 3.06.